The van der Waals surface area contributed by atoms with Crippen molar-refractivity contribution in [2.75, 3.05) is 13.2 Å². The Morgan fingerprint density at radius 2 is 1.58 bits per heavy atom. The molecule has 0 aliphatic heterocycles. The van der Waals surface area contributed by atoms with Crippen molar-refractivity contribution >= 4 is 0 Å². The Balaban J connectivity index is 3.75. The third-order valence-corrected chi connectivity index (χ3v) is 1.83. The molecule has 0 saturated heterocycles. The van der Waals surface area contributed by atoms with Gasteiger partial charge in [0, 0.05) is 18.7 Å². The van der Waals surface area contributed by atoms with Gasteiger partial charge in [0.15, 0.2) is 0 Å². The summed E-state index contributed by atoms with van der Waals surface area (Å²) in [6.07, 6.45) is 0.809. The molecule has 0 aromatic rings. The first-order valence-electron chi connectivity index (χ1n) is 4.63. The van der Waals surface area contributed by atoms with Gasteiger partial charge < -0.3 is 10.4 Å². The zero-order chi connectivity index (χ0) is 9.83. The van der Waals surface area contributed by atoms with E-state index < -0.39 is 0 Å². The van der Waals surface area contributed by atoms with Gasteiger partial charge in [0.25, 0.3) is 0 Å². The largest absolute Gasteiger partial charge is 0.396 e. The van der Waals surface area contributed by atoms with E-state index in [1.54, 1.807) is 0 Å². The SMILES string of the molecule is CC(C)(C)CNC(C)(C)CCO. The summed E-state index contributed by atoms with van der Waals surface area (Å²) in [4.78, 5) is 0. The molecule has 0 fully saturated rings. The number of rotatable bonds is 4. The number of aliphatic hydroxyl groups is 1. The van der Waals surface area contributed by atoms with Crippen LogP contribution in [0.4, 0.5) is 0 Å². The summed E-state index contributed by atoms with van der Waals surface area (Å²) in [6.45, 7) is 12.1. The molecule has 0 heterocycles. The fraction of sp³-hybridized carbons (Fsp3) is 1.00. The van der Waals surface area contributed by atoms with Gasteiger partial charge in [0.1, 0.15) is 0 Å². The van der Waals surface area contributed by atoms with E-state index >= 15 is 0 Å². The first-order chi connectivity index (χ1) is 5.27. The molecular weight excluding hydrogens is 150 g/mol. The van der Waals surface area contributed by atoms with Crippen molar-refractivity contribution in [1.82, 2.24) is 5.32 Å². The van der Waals surface area contributed by atoms with Gasteiger partial charge in [0.2, 0.25) is 0 Å². The highest BCUT2D eigenvalue weighted by Gasteiger charge is 2.19. The number of aliphatic hydroxyl groups excluding tert-OH is 1. The van der Waals surface area contributed by atoms with Gasteiger partial charge in [-0.05, 0) is 25.7 Å². The molecular formula is C10H23NO. The van der Waals surface area contributed by atoms with Gasteiger partial charge >= 0.3 is 0 Å². The molecule has 2 heteroatoms. The molecule has 0 aliphatic carbocycles. The van der Waals surface area contributed by atoms with Crippen LogP contribution in [0, 0.1) is 5.41 Å². The normalized spacial score (nSPS) is 13.5. The molecule has 0 aromatic carbocycles. The van der Waals surface area contributed by atoms with Crippen molar-refractivity contribution in [1.29, 1.82) is 0 Å². The molecule has 0 amide bonds. The van der Waals surface area contributed by atoms with E-state index in [-0.39, 0.29) is 12.1 Å². The smallest absolute Gasteiger partial charge is 0.0448 e. The molecule has 12 heavy (non-hydrogen) atoms. The zero-order valence-corrected chi connectivity index (χ0v) is 9.07. The average molecular weight is 173 g/mol. The minimum Gasteiger partial charge on any atom is -0.396 e. The second-order valence-electron chi connectivity index (χ2n) is 5.27. The van der Waals surface area contributed by atoms with Crippen LogP contribution in [0.25, 0.3) is 0 Å². The summed E-state index contributed by atoms with van der Waals surface area (Å²) < 4.78 is 0. The molecule has 0 unspecified atom stereocenters. The van der Waals surface area contributed by atoms with Crippen LogP contribution < -0.4 is 5.32 Å². The van der Waals surface area contributed by atoms with Crippen molar-refractivity contribution in [3.63, 3.8) is 0 Å². The molecule has 74 valence electrons. The van der Waals surface area contributed by atoms with E-state index in [1.807, 2.05) is 0 Å². The van der Waals surface area contributed by atoms with Gasteiger partial charge in [-0.15, -0.1) is 0 Å². The van der Waals surface area contributed by atoms with Crippen molar-refractivity contribution in [2.45, 2.75) is 46.6 Å². The highest BCUT2D eigenvalue weighted by Crippen LogP contribution is 2.14. The summed E-state index contributed by atoms with van der Waals surface area (Å²) in [5.41, 5.74) is 0.370. The minimum absolute atomic E-state index is 0.0576. The highest BCUT2D eigenvalue weighted by atomic mass is 16.3. The lowest BCUT2D eigenvalue weighted by molar-refractivity contribution is 0.215. The van der Waals surface area contributed by atoms with E-state index in [4.69, 9.17) is 5.11 Å². The molecule has 0 saturated carbocycles. The van der Waals surface area contributed by atoms with Crippen LogP contribution in [-0.2, 0) is 0 Å². The molecule has 0 bridgehead atoms. The monoisotopic (exact) mass is 173 g/mol. The first kappa shape index (κ1) is 11.9. The number of hydrogen-bond donors (Lipinski definition) is 2. The van der Waals surface area contributed by atoms with Crippen LogP contribution >= 0.6 is 0 Å². The second kappa shape index (κ2) is 4.24. The lowest BCUT2D eigenvalue weighted by Crippen LogP contribution is -2.44. The Morgan fingerprint density at radius 3 is 1.92 bits per heavy atom. The molecule has 0 atom stereocenters. The fourth-order valence-electron chi connectivity index (χ4n) is 0.872. The van der Waals surface area contributed by atoms with E-state index in [0.717, 1.165) is 13.0 Å². The molecule has 2 N–H and O–H groups in total. The molecule has 0 aliphatic rings. The van der Waals surface area contributed by atoms with Gasteiger partial charge in [-0.3, -0.25) is 0 Å². The summed E-state index contributed by atoms with van der Waals surface area (Å²) >= 11 is 0. The van der Waals surface area contributed by atoms with Crippen molar-refractivity contribution in [2.24, 2.45) is 5.41 Å². The van der Waals surface area contributed by atoms with Gasteiger partial charge in [-0.25, -0.2) is 0 Å². The van der Waals surface area contributed by atoms with Crippen LogP contribution in [0.3, 0.4) is 0 Å². The lowest BCUT2D eigenvalue weighted by Gasteiger charge is -2.30. The van der Waals surface area contributed by atoms with Crippen molar-refractivity contribution in [3.8, 4) is 0 Å². The molecule has 2 nitrogen and oxygen atoms in total. The summed E-state index contributed by atoms with van der Waals surface area (Å²) in [6, 6.07) is 0. The van der Waals surface area contributed by atoms with Crippen LogP contribution in [0.1, 0.15) is 41.0 Å². The van der Waals surface area contributed by atoms with Crippen LogP contribution in [0.2, 0.25) is 0 Å². The van der Waals surface area contributed by atoms with Gasteiger partial charge in [0.05, 0.1) is 0 Å². The fourth-order valence-corrected chi connectivity index (χ4v) is 0.872. The Kier molecular flexibility index (Phi) is 4.21. The van der Waals surface area contributed by atoms with Crippen LogP contribution in [0.5, 0.6) is 0 Å². The molecule has 0 spiro atoms. The summed E-state index contributed by atoms with van der Waals surface area (Å²) in [5.74, 6) is 0. The quantitative estimate of drug-likeness (QED) is 0.679. The zero-order valence-electron chi connectivity index (χ0n) is 9.07. The maximum Gasteiger partial charge on any atom is 0.0448 e. The molecule has 0 aromatic heterocycles. The van der Waals surface area contributed by atoms with Gasteiger partial charge in [-0.2, -0.15) is 0 Å². The van der Waals surface area contributed by atoms with E-state index in [0.29, 0.717) is 5.41 Å². The standard InChI is InChI=1S/C10H23NO/c1-9(2,3)8-11-10(4,5)6-7-12/h11-12H,6-8H2,1-5H3. The Hall–Kier alpha value is -0.0800. The first-order valence-corrected chi connectivity index (χ1v) is 4.63. The average Bonchev–Trinajstić information content (AvgIpc) is 1.83. The van der Waals surface area contributed by atoms with Crippen molar-refractivity contribution < 1.29 is 5.11 Å². The van der Waals surface area contributed by atoms with Gasteiger partial charge in [-0.1, -0.05) is 20.8 Å². The second-order valence-corrected chi connectivity index (χ2v) is 5.27. The predicted molar refractivity (Wildman–Crippen MR) is 53.2 cm³/mol. The van der Waals surface area contributed by atoms with E-state index in [9.17, 15) is 0 Å². The van der Waals surface area contributed by atoms with Crippen molar-refractivity contribution in [3.05, 3.63) is 0 Å². The Bertz CT molecular complexity index is 124. The minimum atomic E-state index is 0.0576. The third-order valence-electron chi connectivity index (χ3n) is 1.83. The predicted octanol–water partition coefficient (Wildman–Crippen LogP) is 1.78. The van der Waals surface area contributed by atoms with E-state index in [1.165, 1.54) is 0 Å². The topological polar surface area (TPSA) is 32.3 Å². The van der Waals surface area contributed by atoms with Crippen LogP contribution in [-0.4, -0.2) is 23.8 Å². The number of hydrogen-bond acceptors (Lipinski definition) is 2. The lowest BCUT2D eigenvalue weighted by atomic mass is 9.93. The molecule has 0 radical (unpaired) electrons. The maximum atomic E-state index is 8.79. The Morgan fingerprint density at radius 1 is 1.08 bits per heavy atom. The molecule has 0 rings (SSSR count). The number of nitrogens with one attached hydrogen (secondary N) is 1. The highest BCUT2D eigenvalue weighted by molar-refractivity contribution is 4.79. The summed E-state index contributed by atoms with van der Waals surface area (Å²) in [7, 11) is 0. The van der Waals surface area contributed by atoms with E-state index in [2.05, 4.69) is 39.9 Å². The third kappa shape index (κ3) is 6.62. The Labute approximate surface area is 76.4 Å². The maximum absolute atomic E-state index is 8.79. The van der Waals surface area contributed by atoms with Crippen LogP contribution in [0.15, 0.2) is 0 Å². The summed E-state index contributed by atoms with van der Waals surface area (Å²) in [5, 5.41) is 12.2.